The van der Waals surface area contributed by atoms with Crippen molar-refractivity contribution >= 4 is 6.21 Å². The number of aryl methyl sites for hydroxylation is 1. The average Bonchev–Trinajstić information content (AvgIpc) is 3.30. The smallest absolute Gasteiger partial charge is 0.128 e. The molecule has 1 N–H and O–H groups in total. The van der Waals surface area contributed by atoms with Gasteiger partial charge in [0.15, 0.2) is 0 Å². The summed E-state index contributed by atoms with van der Waals surface area (Å²) < 4.78 is 0. The maximum atomic E-state index is 11.0. The molecule has 0 aliphatic heterocycles. The zero-order chi connectivity index (χ0) is 15.6. The van der Waals surface area contributed by atoms with E-state index in [2.05, 4.69) is 24.0 Å². The number of hydrogen-bond donors (Lipinski definition) is 1. The van der Waals surface area contributed by atoms with E-state index in [0.717, 1.165) is 23.3 Å². The van der Waals surface area contributed by atoms with Crippen LogP contribution >= 0.6 is 0 Å². The molecule has 4 bridgehead atoms. The number of hydrogen-bond acceptors (Lipinski definition) is 2. The SMILES string of the molecule is Cc1cc(C=NC2CC2)c(O)c(C23CC4CC(CC(C4)C2)C3)c1. The summed E-state index contributed by atoms with van der Waals surface area (Å²) in [7, 11) is 0. The number of rotatable bonds is 3. The molecule has 2 nitrogen and oxygen atoms in total. The van der Waals surface area contributed by atoms with E-state index in [0.29, 0.717) is 11.8 Å². The Morgan fingerprint density at radius 2 is 1.65 bits per heavy atom. The van der Waals surface area contributed by atoms with Crippen molar-refractivity contribution in [2.75, 3.05) is 0 Å². The number of phenolic OH excluding ortho intramolecular Hbond substituents is 1. The summed E-state index contributed by atoms with van der Waals surface area (Å²) in [5, 5.41) is 11.0. The van der Waals surface area contributed by atoms with Crippen molar-refractivity contribution in [1.29, 1.82) is 0 Å². The second kappa shape index (κ2) is 4.84. The third-order valence-electron chi connectivity index (χ3n) is 6.86. The molecule has 6 rings (SSSR count). The fourth-order valence-electron chi connectivity index (χ4n) is 6.16. The highest BCUT2D eigenvalue weighted by Crippen LogP contribution is 2.62. The third-order valence-corrected chi connectivity index (χ3v) is 6.86. The molecular weight excluding hydrogens is 282 g/mol. The Hall–Kier alpha value is -1.31. The monoisotopic (exact) mass is 309 g/mol. The normalized spacial score (nSPS) is 38.6. The van der Waals surface area contributed by atoms with Crippen molar-refractivity contribution in [1.82, 2.24) is 0 Å². The van der Waals surface area contributed by atoms with Crippen molar-refractivity contribution < 1.29 is 5.11 Å². The van der Waals surface area contributed by atoms with Crippen LogP contribution in [0.3, 0.4) is 0 Å². The summed E-state index contributed by atoms with van der Waals surface area (Å²) in [5.41, 5.74) is 3.72. The Balaban J connectivity index is 1.57. The molecule has 23 heavy (non-hydrogen) atoms. The van der Waals surface area contributed by atoms with E-state index in [4.69, 9.17) is 0 Å². The second-order valence-electron chi connectivity index (χ2n) is 8.96. The molecule has 122 valence electrons. The van der Waals surface area contributed by atoms with Crippen LogP contribution in [0.25, 0.3) is 0 Å². The van der Waals surface area contributed by atoms with E-state index in [1.807, 2.05) is 6.21 Å². The van der Waals surface area contributed by atoms with Crippen molar-refractivity contribution in [3.63, 3.8) is 0 Å². The molecule has 0 unspecified atom stereocenters. The molecule has 5 aliphatic rings. The van der Waals surface area contributed by atoms with Crippen LogP contribution in [0.4, 0.5) is 0 Å². The van der Waals surface area contributed by atoms with E-state index in [-0.39, 0.29) is 5.41 Å². The van der Waals surface area contributed by atoms with Gasteiger partial charge >= 0.3 is 0 Å². The van der Waals surface area contributed by atoms with Crippen LogP contribution in [-0.2, 0) is 5.41 Å². The largest absolute Gasteiger partial charge is 0.507 e. The molecule has 0 atom stereocenters. The predicted molar refractivity (Wildman–Crippen MR) is 93.3 cm³/mol. The standard InChI is InChI=1S/C21H27NO/c1-13-4-17(12-22-18-2-3-18)20(23)19(5-13)21-9-14-6-15(10-21)8-16(7-14)11-21/h4-5,12,14-16,18,23H,2-3,6-11H2,1H3. The van der Waals surface area contributed by atoms with E-state index < -0.39 is 0 Å². The highest BCUT2D eigenvalue weighted by molar-refractivity contribution is 5.85. The molecule has 2 heteroatoms. The van der Waals surface area contributed by atoms with Gasteiger partial charge in [0, 0.05) is 17.3 Å². The minimum atomic E-state index is 0.257. The Kier molecular flexibility index (Phi) is 2.96. The summed E-state index contributed by atoms with van der Waals surface area (Å²) in [6, 6.07) is 4.89. The van der Waals surface area contributed by atoms with Crippen LogP contribution < -0.4 is 0 Å². The number of benzene rings is 1. The zero-order valence-electron chi connectivity index (χ0n) is 14.1. The quantitative estimate of drug-likeness (QED) is 0.803. The first-order chi connectivity index (χ1) is 11.1. The van der Waals surface area contributed by atoms with Gasteiger partial charge in [-0.3, -0.25) is 4.99 Å². The van der Waals surface area contributed by atoms with Gasteiger partial charge in [-0.05, 0) is 93.1 Å². The summed E-state index contributed by atoms with van der Waals surface area (Å²) in [4.78, 5) is 4.61. The topological polar surface area (TPSA) is 32.6 Å². The molecule has 1 aromatic carbocycles. The van der Waals surface area contributed by atoms with E-state index in [9.17, 15) is 5.11 Å². The number of aromatic hydroxyl groups is 1. The predicted octanol–water partition coefficient (Wildman–Crippen LogP) is 4.75. The molecule has 0 heterocycles. The van der Waals surface area contributed by atoms with Crippen LogP contribution in [0.2, 0.25) is 0 Å². The van der Waals surface area contributed by atoms with E-state index in [1.165, 1.54) is 62.5 Å². The third kappa shape index (κ3) is 2.33. The first-order valence-electron chi connectivity index (χ1n) is 9.48. The minimum Gasteiger partial charge on any atom is -0.507 e. The molecule has 0 amide bonds. The maximum Gasteiger partial charge on any atom is 0.128 e. The van der Waals surface area contributed by atoms with Crippen molar-refractivity contribution in [3.8, 4) is 5.75 Å². The van der Waals surface area contributed by atoms with Gasteiger partial charge < -0.3 is 5.11 Å². The van der Waals surface area contributed by atoms with Crippen molar-refractivity contribution in [2.24, 2.45) is 22.7 Å². The van der Waals surface area contributed by atoms with Crippen molar-refractivity contribution in [3.05, 3.63) is 28.8 Å². The summed E-state index contributed by atoms with van der Waals surface area (Å²) in [5.74, 6) is 3.25. The average molecular weight is 309 g/mol. The van der Waals surface area contributed by atoms with E-state index in [1.54, 1.807) is 0 Å². The minimum absolute atomic E-state index is 0.257. The van der Waals surface area contributed by atoms with Crippen LogP contribution in [0.5, 0.6) is 5.75 Å². The van der Waals surface area contributed by atoms with Gasteiger partial charge in [-0.25, -0.2) is 0 Å². The van der Waals surface area contributed by atoms with Crippen LogP contribution in [-0.4, -0.2) is 17.4 Å². The van der Waals surface area contributed by atoms with Gasteiger partial charge in [0.05, 0.1) is 6.04 Å². The molecule has 5 fully saturated rings. The number of nitrogens with zero attached hydrogens (tertiary/aromatic N) is 1. The van der Waals surface area contributed by atoms with Crippen LogP contribution in [0.1, 0.15) is 68.1 Å². The van der Waals surface area contributed by atoms with Gasteiger partial charge in [0.25, 0.3) is 0 Å². The molecule has 0 radical (unpaired) electrons. The lowest BCUT2D eigenvalue weighted by Crippen LogP contribution is -2.48. The first-order valence-corrected chi connectivity index (χ1v) is 9.48. The fourth-order valence-corrected chi connectivity index (χ4v) is 6.16. The second-order valence-corrected chi connectivity index (χ2v) is 8.96. The summed E-state index contributed by atoms with van der Waals surface area (Å²) in [6.07, 6.45) is 12.6. The van der Waals surface area contributed by atoms with Crippen LogP contribution in [0, 0.1) is 24.7 Å². The molecule has 0 aromatic heterocycles. The Morgan fingerprint density at radius 1 is 1.04 bits per heavy atom. The Labute approximate surface area is 139 Å². The Morgan fingerprint density at radius 3 is 2.22 bits per heavy atom. The lowest BCUT2D eigenvalue weighted by molar-refractivity contribution is -0.00616. The van der Waals surface area contributed by atoms with Gasteiger partial charge in [0.2, 0.25) is 0 Å². The molecular formula is C21H27NO. The molecule has 0 spiro atoms. The fraction of sp³-hybridized carbons (Fsp3) is 0.667. The first kappa shape index (κ1) is 14.1. The highest BCUT2D eigenvalue weighted by atomic mass is 16.3. The molecule has 5 saturated carbocycles. The Bertz CT molecular complexity index is 635. The number of phenols is 1. The van der Waals surface area contributed by atoms with E-state index >= 15 is 0 Å². The van der Waals surface area contributed by atoms with Gasteiger partial charge in [-0.15, -0.1) is 0 Å². The summed E-state index contributed by atoms with van der Waals surface area (Å²) >= 11 is 0. The van der Waals surface area contributed by atoms with Crippen molar-refractivity contribution in [2.45, 2.75) is 69.7 Å². The number of aliphatic imine (C=N–C) groups is 1. The highest BCUT2D eigenvalue weighted by Gasteiger charge is 2.52. The molecule has 0 saturated heterocycles. The molecule has 5 aliphatic carbocycles. The molecule has 1 aromatic rings. The van der Waals surface area contributed by atoms with Gasteiger partial charge in [-0.1, -0.05) is 6.07 Å². The van der Waals surface area contributed by atoms with Gasteiger partial charge in [-0.2, -0.15) is 0 Å². The lowest BCUT2D eigenvalue weighted by Gasteiger charge is -2.57. The van der Waals surface area contributed by atoms with Gasteiger partial charge in [0.1, 0.15) is 5.75 Å². The maximum absolute atomic E-state index is 11.0. The lowest BCUT2D eigenvalue weighted by atomic mass is 9.48. The van der Waals surface area contributed by atoms with Crippen LogP contribution in [0.15, 0.2) is 17.1 Å². The zero-order valence-corrected chi connectivity index (χ0v) is 14.1. The summed E-state index contributed by atoms with van der Waals surface area (Å²) in [6.45, 7) is 2.16.